The van der Waals surface area contributed by atoms with Crippen LogP contribution >= 0.6 is 11.3 Å². The van der Waals surface area contributed by atoms with E-state index in [0.29, 0.717) is 6.29 Å². The van der Waals surface area contributed by atoms with Gasteiger partial charge in [0.05, 0.1) is 0 Å². The Labute approximate surface area is 143 Å². The molecule has 1 aromatic carbocycles. The van der Waals surface area contributed by atoms with Crippen molar-refractivity contribution in [2.24, 2.45) is 0 Å². The van der Waals surface area contributed by atoms with Gasteiger partial charge in [0, 0.05) is 10.4 Å². The zero-order chi connectivity index (χ0) is 17.3. The molecule has 0 amide bonds. The van der Waals surface area contributed by atoms with Gasteiger partial charge in [-0.2, -0.15) is 8.42 Å². The topological polar surface area (TPSA) is 89.9 Å². The highest BCUT2D eigenvalue weighted by Crippen LogP contribution is 2.39. The van der Waals surface area contributed by atoms with Crippen molar-refractivity contribution in [1.82, 2.24) is 0 Å². The van der Waals surface area contributed by atoms with Crippen LogP contribution in [0.4, 0.5) is 0 Å². The first-order valence-corrected chi connectivity index (χ1v) is 9.31. The van der Waals surface area contributed by atoms with Crippen LogP contribution in [0.3, 0.4) is 0 Å². The number of hydrogen-bond acceptors (Lipinski definition) is 6. The minimum atomic E-state index is -4.42. The molecule has 0 aliphatic carbocycles. The third-order valence-corrected chi connectivity index (χ3v) is 5.69. The molecule has 2 unspecified atom stereocenters. The normalized spacial score (nSPS) is 18.4. The van der Waals surface area contributed by atoms with Gasteiger partial charge in [-0.15, -0.1) is 11.3 Å². The molecule has 1 aliphatic heterocycles. The molecule has 6 nitrogen and oxygen atoms in total. The first kappa shape index (κ1) is 16.7. The van der Waals surface area contributed by atoms with Crippen LogP contribution in [0.2, 0.25) is 0 Å². The third-order valence-electron chi connectivity index (χ3n) is 3.65. The molecule has 2 aromatic rings. The monoisotopic (exact) mass is 366 g/mol. The van der Waals surface area contributed by atoms with Gasteiger partial charge in [0.2, 0.25) is 0 Å². The second-order valence-corrected chi connectivity index (χ2v) is 7.54. The highest BCUT2D eigenvalue weighted by molar-refractivity contribution is 7.86. The van der Waals surface area contributed by atoms with Crippen LogP contribution in [-0.2, 0) is 24.4 Å². The summed E-state index contributed by atoms with van der Waals surface area (Å²) in [5.74, 6) is -0.762. The van der Waals surface area contributed by atoms with Gasteiger partial charge in [-0.05, 0) is 23.9 Å². The SMILES string of the molecule is Cc1ccccc1C1OC=C(C(C=O)c2sccc2S(=O)(=O)O)O1. The number of thiophene rings is 1. The summed E-state index contributed by atoms with van der Waals surface area (Å²) >= 11 is 1.05. The number of rotatable bonds is 5. The average Bonchev–Trinajstić information content (AvgIpc) is 3.18. The lowest BCUT2D eigenvalue weighted by molar-refractivity contribution is -0.109. The summed E-state index contributed by atoms with van der Waals surface area (Å²) in [4.78, 5) is 11.4. The van der Waals surface area contributed by atoms with E-state index in [9.17, 15) is 17.8 Å². The van der Waals surface area contributed by atoms with Crippen LogP contribution in [0.25, 0.3) is 0 Å². The molecule has 2 heterocycles. The lowest BCUT2D eigenvalue weighted by Gasteiger charge is -2.16. The van der Waals surface area contributed by atoms with E-state index in [0.717, 1.165) is 22.5 Å². The Morgan fingerprint density at radius 1 is 1.29 bits per heavy atom. The third kappa shape index (κ3) is 3.08. The predicted molar refractivity (Wildman–Crippen MR) is 87.1 cm³/mol. The predicted octanol–water partition coefficient (Wildman–Crippen LogP) is 3.17. The van der Waals surface area contributed by atoms with Crippen LogP contribution < -0.4 is 0 Å². The fourth-order valence-electron chi connectivity index (χ4n) is 2.45. The lowest BCUT2D eigenvalue weighted by Crippen LogP contribution is -2.10. The number of ether oxygens (including phenoxy) is 2. The van der Waals surface area contributed by atoms with Crippen LogP contribution in [0.15, 0.2) is 52.6 Å². The van der Waals surface area contributed by atoms with Crippen molar-refractivity contribution >= 4 is 27.7 Å². The Morgan fingerprint density at radius 2 is 2.04 bits per heavy atom. The zero-order valence-electron chi connectivity index (χ0n) is 12.6. The van der Waals surface area contributed by atoms with Crippen molar-refractivity contribution in [2.75, 3.05) is 0 Å². The van der Waals surface area contributed by atoms with E-state index in [4.69, 9.17) is 9.47 Å². The number of allylic oxidation sites excluding steroid dienone is 1. The Kier molecular flexibility index (Phi) is 4.44. The van der Waals surface area contributed by atoms with Crippen molar-refractivity contribution in [3.63, 3.8) is 0 Å². The van der Waals surface area contributed by atoms with Gasteiger partial charge in [0.15, 0.2) is 5.76 Å². The Morgan fingerprint density at radius 3 is 2.71 bits per heavy atom. The van der Waals surface area contributed by atoms with Gasteiger partial charge in [-0.3, -0.25) is 4.55 Å². The van der Waals surface area contributed by atoms with E-state index < -0.39 is 22.3 Å². The van der Waals surface area contributed by atoms with Crippen LogP contribution in [0.1, 0.15) is 28.2 Å². The van der Waals surface area contributed by atoms with Crippen LogP contribution in [0.5, 0.6) is 0 Å². The quantitative estimate of drug-likeness (QED) is 0.646. The van der Waals surface area contributed by atoms with E-state index in [1.807, 2.05) is 31.2 Å². The molecular formula is C16H14O6S2. The first-order chi connectivity index (χ1) is 11.4. The summed E-state index contributed by atoms with van der Waals surface area (Å²) in [6.45, 7) is 1.91. The molecule has 0 radical (unpaired) electrons. The molecule has 0 saturated carbocycles. The van der Waals surface area contributed by atoms with Gasteiger partial charge in [-0.1, -0.05) is 24.3 Å². The minimum absolute atomic E-state index is 0.188. The number of carbonyl (C=O) groups excluding carboxylic acids is 1. The lowest BCUT2D eigenvalue weighted by atomic mass is 10.1. The summed E-state index contributed by atoms with van der Waals surface area (Å²) in [6.07, 6.45) is 1.18. The first-order valence-electron chi connectivity index (χ1n) is 6.99. The number of benzene rings is 1. The maximum atomic E-state index is 11.5. The number of carbonyl (C=O) groups is 1. The van der Waals surface area contributed by atoms with Gasteiger partial charge < -0.3 is 14.3 Å². The summed E-state index contributed by atoms with van der Waals surface area (Å²) in [5.41, 5.74) is 1.78. The van der Waals surface area contributed by atoms with Gasteiger partial charge in [0.1, 0.15) is 23.4 Å². The van der Waals surface area contributed by atoms with Crippen molar-refractivity contribution < 1.29 is 27.2 Å². The Bertz CT molecular complexity index is 897. The van der Waals surface area contributed by atoms with Crippen molar-refractivity contribution in [3.05, 3.63) is 63.7 Å². The largest absolute Gasteiger partial charge is 0.455 e. The Balaban J connectivity index is 1.88. The molecule has 0 spiro atoms. The fraction of sp³-hybridized carbons (Fsp3) is 0.188. The zero-order valence-corrected chi connectivity index (χ0v) is 14.2. The number of aldehydes is 1. The van der Waals surface area contributed by atoms with Gasteiger partial charge in [-0.25, -0.2) is 0 Å². The summed E-state index contributed by atoms with van der Waals surface area (Å²) in [6, 6.07) is 8.75. The van der Waals surface area contributed by atoms with E-state index in [2.05, 4.69) is 0 Å². The van der Waals surface area contributed by atoms with E-state index >= 15 is 0 Å². The molecule has 1 aromatic heterocycles. The highest BCUT2D eigenvalue weighted by atomic mass is 32.2. The molecule has 24 heavy (non-hydrogen) atoms. The molecule has 1 aliphatic rings. The molecule has 2 atom stereocenters. The molecule has 3 rings (SSSR count). The van der Waals surface area contributed by atoms with E-state index in [1.54, 1.807) is 0 Å². The second-order valence-electron chi connectivity index (χ2n) is 5.20. The maximum absolute atomic E-state index is 11.5. The fourth-order valence-corrected chi connectivity index (χ4v) is 4.47. The molecule has 0 bridgehead atoms. The van der Waals surface area contributed by atoms with Gasteiger partial charge in [0.25, 0.3) is 16.4 Å². The smallest absolute Gasteiger partial charge is 0.295 e. The molecular weight excluding hydrogens is 352 g/mol. The molecule has 0 fully saturated rings. The summed E-state index contributed by atoms with van der Waals surface area (Å²) < 4.78 is 43.4. The summed E-state index contributed by atoms with van der Waals surface area (Å²) in [5, 5.41) is 1.49. The molecule has 8 heteroatoms. The average molecular weight is 366 g/mol. The highest BCUT2D eigenvalue weighted by Gasteiger charge is 2.33. The molecule has 126 valence electrons. The van der Waals surface area contributed by atoms with Crippen molar-refractivity contribution in [1.29, 1.82) is 0 Å². The van der Waals surface area contributed by atoms with E-state index in [-0.39, 0.29) is 15.5 Å². The number of hydrogen-bond donors (Lipinski definition) is 1. The standard InChI is InChI=1S/C16H14O6S2/c1-10-4-2-3-5-11(10)16-21-9-13(22-16)12(8-17)15-14(6-7-23-15)24(18,19)20/h2-9,12,16H,1H3,(H,18,19,20). The molecule has 0 saturated heterocycles. The van der Waals surface area contributed by atoms with Crippen molar-refractivity contribution in [2.45, 2.75) is 24.0 Å². The molecule has 1 N–H and O–H groups in total. The van der Waals surface area contributed by atoms with E-state index in [1.165, 1.54) is 17.7 Å². The Hall–Kier alpha value is -2.16. The summed E-state index contributed by atoms with van der Waals surface area (Å²) in [7, 11) is -4.42. The van der Waals surface area contributed by atoms with Crippen LogP contribution in [0, 0.1) is 6.92 Å². The number of aryl methyl sites for hydroxylation is 1. The van der Waals surface area contributed by atoms with Crippen LogP contribution in [-0.4, -0.2) is 19.3 Å². The maximum Gasteiger partial charge on any atom is 0.295 e. The van der Waals surface area contributed by atoms with Crippen molar-refractivity contribution in [3.8, 4) is 0 Å². The second kappa shape index (κ2) is 6.39. The van der Waals surface area contributed by atoms with Gasteiger partial charge >= 0.3 is 0 Å². The minimum Gasteiger partial charge on any atom is -0.455 e.